The van der Waals surface area contributed by atoms with Crippen molar-refractivity contribution >= 4 is 39.6 Å². The second-order valence-corrected chi connectivity index (χ2v) is 18.2. The molecule has 4 rings (SSSR count). The molecule has 0 heterocycles. The number of hydrogen-bond acceptors (Lipinski definition) is 4. The summed E-state index contributed by atoms with van der Waals surface area (Å²) in [5.74, 6) is 0.466. The Hall–Kier alpha value is -2.60. The van der Waals surface area contributed by atoms with E-state index in [0.717, 1.165) is 26.9 Å². The van der Waals surface area contributed by atoms with Gasteiger partial charge in [0, 0.05) is 5.39 Å². The van der Waals surface area contributed by atoms with Gasteiger partial charge in [0.05, 0.1) is 0 Å². The molecule has 0 atom stereocenters. The fraction of sp³-hybridized carbons (Fsp3) is 0.673. The number of rotatable bonds is 36. The van der Waals surface area contributed by atoms with Crippen LogP contribution in [0.4, 0.5) is 0 Å². The molecule has 0 bridgehead atoms. The van der Waals surface area contributed by atoms with Gasteiger partial charge in [0.1, 0.15) is 5.75 Å². The summed E-state index contributed by atoms with van der Waals surface area (Å²) in [6.45, 7) is 7.25. The predicted molar refractivity (Wildman–Crippen MR) is 266 cm³/mol. The van der Waals surface area contributed by atoms with E-state index >= 15 is 0 Å². The van der Waals surface area contributed by atoms with E-state index in [4.69, 9.17) is 14.7 Å². The summed E-state index contributed by atoms with van der Waals surface area (Å²) in [5, 5.41) is 24.6. The van der Waals surface area contributed by atoms with Crippen LogP contribution in [0.25, 0.3) is 32.3 Å². The molecule has 0 aliphatic rings. The average Bonchev–Trinajstić information content (AvgIpc) is 3.25. The molecule has 0 aliphatic carbocycles. The molecular formula is C55H90BNO3. The van der Waals surface area contributed by atoms with Crippen LogP contribution in [-0.4, -0.2) is 42.4 Å². The summed E-state index contributed by atoms with van der Waals surface area (Å²) in [4.78, 5) is 2.59. The Balaban J connectivity index is 0.000000363. The first-order valence-corrected chi connectivity index (χ1v) is 25.6. The highest BCUT2D eigenvalue weighted by Gasteiger charge is 2.15. The molecule has 2 N–H and O–H groups in total. The molecule has 4 nitrogen and oxygen atoms in total. The Morgan fingerprint density at radius 3 is 1.15 bits per heavy atom. The van der Waals surface area contributed by atoms with Crippen LogP contribution >= 0.6 is 0 Å². The topological polar surface area (TPSA) is 52.9 Å². The first kappa shape index (κ1) is 51.8. The zero-order chi connectivity index (χ0) is 42.7. The van der Waals surface area contributed by atoms with Crippen molar-refractivity contribution in [1.82, 2.24) is 4.90 Å². The fourth-order valence-electron chi connectivity index (χ4n) is 8.95. The minimum Gasteiger partial charge on any atom is -0.511 e. The van der Waals surface area contributed by atoms with E-state index in [1.165, 1.54) is 224 Å². The first-order chi connectivity index (χ1) is 29.5. The van der Waals surface area contributed by atoms with E-state index in [0.29, 0.717) is 5.75 Å². The number of benzene rings is 4. The van der Waals surface area contributed by atoms with Crippen molar-refractivity contribution in [3.8, 4) is 5.75 Å². The lowest BCUT2D eigenvalue weighted by Crippen LogP contribution is -2.20. The minimum atomic E-state index is -1.83. The van der Waals surface area contributed by atoms with Crippen LogP contribution in [0.3, 0.4) is 0 Å². The van der Waals surface area contributed by atoms with Gasteiger partial charge in [-0.15, -0.1) is 0 Å². The zero-order valence-electron chi connectivity index (χ0n) is 39.2. The molecule has 0 saturated carbocycles. The lowest BCUT2D eigenvalue weighted by molar-refractivity contribution is 0.289. The monoisotopic (exact) mass is 824 g/mol. The van der Waals surface area contributed by atoms with Crippen molar-refractivity contribution in [3.05, 3.63) is 66.7 Å². The maximum absolute atomic E-state index is 9.14. The Labute approximate surface area is 369 Å². The quantitative estimate of drug-likeness (QED) is 0.0208. The van der Waals surface area contributed by atoms with Gasteiger partial charge in [-0.2, -0.15) is 0 Å². The third-order valence-corrected chi connectivity index (χ3v) is 12.7. The molecule has 0 aliphatic heterocycles. The molecule has 60 heavy (non-hydrogen) atoms. The summed E-state index contributed by atoms with van der Waals surface area (Å²) in [6, 6.07) is 22.1. The third-order valence-electron chi connectivity index (χ3n) is 12.7. The van der Waals surface area contributed by atoms with Crippen molar-refractivity contribution in [2.45, 2.75) is 219 Å². The molecule has 5 heteroatoms. The number of unbranched alkanes of at least 4 members (excludes halogenated alkanes) is 30. The third kappa shape index (κ3) is 23.6. The van der Waals surface area contributed by atoms with E-state index in [-0.39, 0.29) is 0 Å². The first-order valence-electron chi connectivity index (χ1n) is 25.6. The van der Waals surface area contributed by atoms with Crippen molar-refractivity contribution in [2.75, 3.05) is 20.1 Å². The molecule has 0 aromatic heterocycles. The largest absolute Gasteiger partial charge is 0.707 e. The standard InChI is InChI=1S/C37H77N.C18H13BO3/c1-4-6-8-10-12-14-16-18-20-22-24-26-28-30-32-34-36-38(3)37-35-33-31-29-27-25-23-21-19-17-15-13-11-9-7-5-2;20-19(21)22-17-7-3-6-12-8-9-15-10-13-4-1-2-5-14(13)11-16(15)18(12)17/h4-37H2,1-3H3;1-11,20-21H. The molecular weight excluding hydrogens is 733 g/mol. The van der Waals surface area contributed by atoms with Gasteiger partial charge < -0.3 is 19.6 Å². The van der Waals surface area contributed by atoms with Crippen LogP contribution < -0.4 is 4.65 Å². The van der Waals surface area contributed by atoms with E-state index in [2.05, 4.69) is 56.1 Å². The van der Waals surface area contributed by atoms with E-state index in [1.807, 2.05) is 30.3 Å². The van der Waals surface area contributed by atoms with Gasteiger partial charge in [0.25, 0.3) is 0 Å². The second-order valence-electron chi connectivity index (χ2n) is 18.2. The van der Waals surface area contributed by atoms with Crippen LogP contribution in [0.15, 0.2) is 66.7 Å². The van der Waals surface area contributed by atoms with Crippen molar-refractivity contribution in [3.63, 3.8) is 0 Å². The van der Waals surface area contributed by atoms with Crippen molar-refractivity contribution < 1.29 is 14.7 Å². The molecule has 0 saturated heterocycles. The normalized spacial score (nSPS) is 11.5. The number of hydrogen-bond donors (Lipinski definition) is 2. The Morgan fingerprint density at radius 2 is 0.750 bits per heavy atom. The lowest BCUT2D eigenvalue weighted by atomic mass is 9.97. The smallest absolute Gasteiger partial charge is 0.511 e. The van der Waals surface area contributed by atoms with E-state index in [1.54, 1.807) is 6.07 Å². The Bertz CT molecular complexity index is 1570. The summed E-state index contributed by atoms with van der Waals surface area (Å²) in [5.41, 5.74) is 0. The molecule has 4 aromatic carbocycles. The van der Waals surface area contributed by atoms with Crippen molar-refractivity contribution in [1.29, 1.82) is 0 Å². The highest BCUT2D eigenvalue weighted by Crippen LogP contribution is 2.35. The van der Waals surface area contributed by atoms with Gasteiger partial charge in [-0.3, -0.25) is 0 Å². The minimum absolute atomic E-state index is 0.466. The predicted octanol–water partition coefficient (Wildman–Crippen LogP) is 16.9. The van der Waals surface area contributed by atoms with Gasteiger partial charge >= 0.3 is 7.32 Å². The van der Waals surface area contributed by atoms with Crippen LogP contribution in [0.1, 0.15) is 219 Å². The maximum atomic E-state index is 9.14. The molecule has 0 unspecified atom stereocenters. The van der Waals surface area contributed by atoms with E-state index < -0.39 is 7.32 Å². The Kier molecular flexibility index (Phi) is 30.1. The summed E-state index contributed by atoms with van der Waals surface area (Å²) in [7, 11) is 0.512. The lowest BCUT2D eigenvalue weighted by Gasteiger charge is -2.16. The van der Waals surface area contributed by atoms with Gasteiger partial charge in [0.2, 0.25) is 0 Å². The van der Waals surface area contributed by atoms with Crippen LogP contribution in [0.2, 0.25) is 0 Å². The summed E-state index contributed by atoms with van der Waals surface area (Å²) >= 11 is 0. The van der Waals surface area contributed by atoms with Gasteiger partial charge in [-0.05, 0) is 78.1 Å². The number of nitrogens with zero attached hydrogens (tertiary/aromatic N) is 1. The van der Waals surface area contributed by atoms with Crippen molar-refractivity contribution in [2.24, 2.45) is 0 Å². The van der Waals surface area contributed by atoms with Crippen LogP contribution in [0.5, 0.6) is 5.75 Å². The SMILES string of the molecule is CCCCCCCCCCCCCCCCCCN(C)CCCCCCCCCCCCCCCCCC.OB(O)Oc1cccc2ccc3cc4ccccc4cc3c12. The molecule has 0 radical (unpaired) electrons. The second kappa shape index (κ2) is 34.9. The molecule has 0 amide bonds. The molecule has 4 aromatic rings. The van der Waals surface area contributed by atoms with Gasteiger partial charge in [0.15, 0.2) is 0 Å². The molecule has 0 fully saturated rings. The van der Waals surface area contributed by atoms with Crippen LogP contribution in [0, 0.1) is 0 Å². The number of fused-ring (bicyclic) bond motifs is 4. The Morgan fingerprint density at radius 1 is 0.400 bits per heavy atom. The highest BCUT2D eigenvalue weighted by molar-refractivity contribution is 6.34. The van der Waals surface area contributed by atoms with Crippen LogP contribution in [-0.2, 0) is 0 Å². The molecule has 0 spiro atoms. The van der Waals surface area contributed by atoms with E-state index in [9.17, 15) is 0 Å². The summed E-state index contributed by atoms with van der Waals surface area (Å²) in [6.07, 6.45) is 46.8. The van der Waals surface area contributed by atoms with Gasteiger partial charge in [-0.25, -0.2) is 0 Å². The van der Waals surface area contributed by atoms with Gasteiger partial charge in [-0.1, -0.05) is 255 Å². The fourth-order valence-corrected chi connectivity index (χ4v) is 8.95. The summed E-state index contributed by atoms with van der Waals surface area (Å²) < 4.78 is 5.16. The zero-order valence-corrected chi connectivity index (χ0v) is 39.2. The average molecular weight is 824 g/mol. The maximum Gasteiger partial charge on any atom is 0.707 e. The highest BCUT2D eigenvalue weighted by atomic mass is 16.6. The molecule has 336 valence electrons.